The van der Waals surface area contributed by atoms with Crippen molar-refractivity contribution >= 4 is 11.5 Å². The van der Waals surface area contributed by atoms with E-state index in [2.05, 4.69) is 46.5 Å². The molecule has 0 saturated carbocycles. The number of ketones is 1. The van der Waals surface area contributed by atoms with Crippen LogP contribution in [0.5, 0.6) is 0 Å². The van der Waals surface area contributed by atoms with E-state index in [-0.39, 0.29) is 22.0 Å². The monoisotopic (exact) mass is 237 g/mol. The van der Waals surface area contributed by atoms with E-state index in [1.807, 2.05) is 20.8 Å². The largest absolute Gasteiger partial charge is 0.296 e. The first kappa shape index (κ1) is 14.4. The number of aliphatic imine (C=N–C) groups is 1. The van der Waals surface area contributed by atoms with Gasteiger partial charge in [0, 0.05) is 10.8 Å². The van der Waals surface area contributed by atoms with Gasteiger partial charge in [0.1, 0.15) is 0 Å². The summed E-state index contributed by atoms with van der Waals surface area (Å²) in [6.07, 6.45) is 0. The summed E-state index contributed by atoms with van der Waals surface area (Å²) in [5.41, 5.74) is -0.000949. The van der Waals surface area contributed by atoms with Crippen LogP contribution in [0.15, 0.2) is 4.99 Å². The van der Waals surface area contributed by atoms with Gasteiger partial charge in [-0.2, -0.15) is 0 Å². The van der Waals surface area contributed by atoms with Gasteiger partial charge in [-0.1, -0.05) is 62.3 Å². The van der Waals surface area contributed by atoms with Crippen molar-refractivity contribution in [3.8, 4) is 0 Å². The molecule has 0 aromatic rings. The van der Waals surface area contributed by atoms with Crippen molar-refractivity contribution in [3.05, 3.63) is 0 Å². The molecular formula is C15H27NO. The molecule has 0 amide bonds. The summed E-state index contributed by atoms with van der Waals surface area (Å²) in [5.74, 6) is 0.252. The zero-order valence-corrected chi connectivity index (χ0v) is 12.9. The maximum absolute atomic E-state index is 12.7. The molecule has 0 radical (unpaired) electrons. The van der Waals surface area contributed by atoms with Crippen molar-refractivity contribution in [1.29, 1.82) is 0 Å². The van der Waals surface area contributed by atoms with Crippen molar-refractivity contribution in [2.24, 2.45) is 21.2 Å². The number of nitrogens with zero attached hydrogens (tertiary/aromatic N) is 1. The molecule has 0 saturated heterocycles. The predicted octanol–water partition coefficient (Wildman–Crippen LogP) is 3.89. The minimum Gasteiger partial charge on any atom is -0.296 e. The van der Waals surface area contributed by atoms with Crippen LogP contribution in [0.1, 0.15) is 62.3 Å². The van der Waals surface area contributed by atoms with Crippen molar-refractivity contribution in [2.75, 3.05) is 0 Å². The van der Waals surface area contributed by atoms with Crippen LogP contribution in [0.25, 0.3) is 0 Å². The van der Waals surface area contributed by atoms with Crippen molar-refractivity contribution < 1.29 is 4.79 Å². The summed E-state index contributed by atoms with van der Waals surface area (Å²) in [7, 11) is 0. The lowest BCUT2D eigenvalue weighted by Gasteiger charge is -2.36. The summed E-state index contributed by atoms with van der Waals surface area (Å²) in [6.45, 7) is 18.7. The van der Waals surface area contributed by atoms with Crippen LogP contribution in [-0.2, 0) is 4.79 Å². The lowest BCUT2D eigenvalue weighted by molar-refractivity contribution is -0.130. The second-order valence-electron chi connectivity index (χ2n) is 8.25. The molecule has 0 N–H and O–H groups in total. The van der Waals surface area contributed by atoms with Crippen LogP contribution >= 0.6 is 0 Å². The standard InChI is InChI=1S/C15H27NO/c1-12(2,3)10-15(16-10,14(7,8)9)11(17)13(4,5)6/h1-9H3. The molecule has 1 unspecified atom stereocenters. The molecule has 2 heteroatoms. The highest BCUT2D eigenvalue weighted by molar-refractivity contribution is 6.27. The molecule has 0 spiro atoms. The van der Waals surface area contributed by atoms with Crippen molar-refractivity contribution in [3.63, 3.8) is 0 Å². The highest BCUT2D eigenvalue weighted by atomic mass is 16.1. The van der Waals surface area contributed by atoms with E-state index in [9.17, 15) is 4.79 Å². The minimum absolute atomic E-state index is 0.0197. The molecule has 0 bridgehead atoms. The molecule has 98 valence electrons. The Morgan fingerprint density at radius 2 is 1.35 bits per heavy atom. The van der Waals surface area contributed by atoms with Crippen LogP contribution in [0, 0.1) is 16.2 Å². The maximum Gasteiger partial charge on any atom is 0.171 e. The number of carbonyl (C=O) groups excluding carboxylic acids is 1. The topological polar surface area (TPSA) is 29.4 Å². The predicted molar refractivity (Wildman–Crippen MR) is 73.5 cm³/mol. The van der Waals surface area contributed by atoms with E-state index in [4.69, 9.17) is 0 Å². The number of hydrogen-bond acceptors (Lipinski definition) is 2. The molecule has 17 heavy (non-hydrogen) atoms. The molecule has 2 nitrogen and oxygen atoms in total. The number of hydrogen-bond donors (Lipinski definition) is 0. The van der Waals surface area contributed by atoms with Gasteiger partial charge >= 0.3 is 0 Å². The highest BCUT2D eigenvalue weighted by Gasteiger charge is 2.65. The second-order valence-corrected chi connectivity index (χ2v) is 8.25. The van der Waals surface area contributed by atoms with Gasteiger partial charge in [-0.05, 0) is 5.41 Å². The van der Waals surface area contributed by atoms with Crippen LogP contribution in [0.4, 0.5) is 0 Å². The van der Waals surface area contributed by atoms with Crippen molar-refractivity contribution in [1.82, 2.24) is 0 Å². The van der Waals surface area contributed by atoms with Gasteiger partial charge in [0.2, 0.25) is 0 Å². The van der Waals surface area contributed by atoms with Crippen LogP contribution < -0.4 is 0 Å². The molecule has 1 atom stereocenters. The molecule has 0 aliphatic carbocycles. The number of rotatable bonds is 1. The summed E-state index contributed by atoms with van der Waals surface area (Å²) in [4.78, 5) is 17.4. The fraction of sp³-hybridized carbons (Fsp3) is 0.867. The smallest absolute Gasteiger partial charge is 0.171 e. The quantitative estimate of drug-likeness (QED) is 0.680. The van der Waals surface area contributed by atoms with Gasteiger partial charge in [-0.15, -0.1) is 0 Å². The molecule has 1 aliphatic rings. The molecule has 1 heterocycles. The average molecular weight is 237 g/mol. The molecule has 0 aromatic carbocycles. The Bertz CT molecular complexity index is 371. The Balaban J connectivity index is 3.18. The van der Waals surface area contributed by atoms with E-state index >= 15 is 0 Å². The lowest BCUT2D eigenvalue weighted by atomic mass is 9.64. The second kappa shape index (κ2) is 3.43. The van der Waals surface area contributed by atoms with Gasteiger partial charge in [0.25, 0.3) is 0 Å². The highest BCUT2D eigenvalue weighted by Crippen LogP contribution is 2.53. The molecule has 1 aliphatic heterocycles. The first-order chi connectivity index (χ1) is 7.24. The Hall–Kier alpha value is -0.660. The Morgan fingerprint density at radius 1 is 0.941 bits per heavy atom. The van der Waals surface area contributed by atoms with E-state index < -0.39 is 5.54 Å². The van der Waals surface area contributed by atoms with Crippen molar-refractivity contribution in [2.45, 2.75) is 67.9 Å². The first-order valence-electron chi connectivity index (χ1n) is 6.40. The molecule has 0 fully saturated rings. The normalized spacial score (nSPS) is 25.6. The fourth-order valence-electron chi connectivity index (χ4n) is 2.41. The average Bonchev–Trinajstić information content (AvgIpc) is 2.73. The van der Waals surface area contributed by atoms with Crippen LogP contribution in [0.2, 0.25) is 0 Å². The molecular weight excluding hydrogens is 210 g/mol. The van der Waals surface area contributed by atoms with E-state index in [1.165, 1.54) is 0 Å². The Labute approximate surface area is 106 Å². The Morgan fingerprint density at radius 3 is 1.53 bits per heavy atom. The van der Waals surface area contributed by atoms with Gasteiger partial charge in [0.15, 0.2) is 11.3 Å². The van der Waals surface area contributed by atoms with Crippen LogP contribution in [0.3, 0.4) is 0 Å². The van der Waals surface area contributed by atoms with E-state index in [0.29, 0.717) is 0 Å². The van der Waals surface area contributed by atoms with Gasteiger partial charge in [-0.3, -0.25) is 9.79 Å². The summed E-state index contributed by atoms with van der Waals surface area (Å²) in [6, 6.07) is 0. The third kappa shape index (κ3) is 2.19. The summed E-state index contributed by atoms with van der Waals surface area (Å²) in [5, 5.41) is 0. The van der Waals surface area contributed by atoms with E-state index in [1.54, 1.807) is 0 Å². The number of carbonyl (C=O) groups is 1. The van der Waals surface area contributed by atoms with Gasteiger partial charge in [-0.25, -0.2) is 0 Å². The Kier molecular flexibility index (Phi) is 2.90. The van der Waals surface area contributed by atoms with Crippen LogP contribution in [-0.4, -0.2) is 17.0 Å². The minimum atomic E-state index is -0.566. The SMILES string of the molecule is CC(C)(C)C(=O)C1(C(C)(C)C)N=C1C(C)(C)C. The van der Waals surface area contributed by atoms with E-state index in [0.717, 1.165) is 5.71 Å². The van der Waals surface area contributed by atoms with Gasteiger partial charge in [0.05, 0.1) is 5.71 Å². The lowest BCUT2D eigenvalue weighted by Crippen LogP contribution is -2.50. The molecule has 1 rings (SSSR count). The first-order valence-corrected chi connectivity index (χ1v) is 6.40. The number of Topliss-reactive ketones (excluding diaryl/α,β-unsaturated/α-hetero) is 1. The fourth-order valence-corrected chi connectivity index (χ4v) is 2.41. The zero-order chi connectivity index (χ0) is 13.9. The zero-order valence-electron chi connectivity index (χ0n) is 12.9. The third-order valence-corrected chi connectivity index (χ3v) is 3.38. The summed E-state index contributed by atoms with van der Waals surface area (Å²) < 4.78 is 0. The van der Waals surface area contributed by atoms with Gasteiger partial charge < -0.3 is 0 Å². The summed E-state index contributed by atoms with van der Waals surface area (Å²) >= 11 is 0. The maximum atomic E-state index is 12.7. The third-order valence-electron chi connectivity index (χ3n) is 3.38. The molecule has 0 aromatic heterocycles.